The van der Waals surface area contributed by atoms with E-state index >= 15 is 0 Å². The number of rotatable bonds is 5. The van der Waals surface area contributed by atoms with Crippen LogP contribution in [0.3, 0.4) is 0 Å². The zero-order valence-corrected chi connectivity index (χ0v) is 14.7. The maximum atomic E-state index is 12.6. The summed E-state index contributed by atoms with van der Waals surface area (Å²) in [5, 5.41) is 2.84. The van der Waals surface area contributed by atoms with Crippen molar-refractivity contribution in [3.05, 3.63) is 72.3 Å². The summed E-state index contributed by atoms with van der Waals surface area (Å²) in [6.45, 7) is 0. The quantitative estimate of drug-likeness (QED) is 0.678. The molecule has 0 saturated heterocycles. The van der Waals surface area contributed by atoms with Crippen LogP contribution in [0.1, 0.15) is 10.4 Å². The van der Waals surface area contributed by atoms with Crippen molar-refractivity contribution >= 4 is 17.3 Å². The molecule has 1 amide bonds. The molecule has 132 valence electrons. The molecule has 0 bridgehead atoms. The molecular weight excluding hydrogens is 328 g/mol. The van der Waals surface area contributed by atoms with E-state index in [4.69, 9.17) is 15.2 Å². The Balaban J connectivity index is 1.82. The lowest BCUT2D eigenvalue weighted by atomic mass is 10.0. The van der Waals surface area contributed by atoms with Crippen molar-refractivity contribution < 1.29 is 14.3 Å². The Morgan fingerprint density at radius 2 is 1.46 bits per heavy atom. The molecule has 0 aliphatic heterocycles. The molecule has 3 N–H and O–H groups in total. The van der Waals surface area contributed by atoms with E-state index in [1.807, 2.05) is 42.5 Å². The first-order chi connectivity index (χ1) is 12.6. The number of carbonyl (C=O) groups is 1. The summed E-state index contributed by atoms with van der Waals surface area (Å²) in [5.41, 5.74) is 9.50. The van der Waals surface area contributed by atoms with Crippen molar-refractivity contribution in [1.82, 2.24) is 0 Å². The molecule has 3 aromatic carbocycles. The minimum absolute atomic E-state index is 0.241. The van der Waals surface area contributed by atoms with Crippen molar-refractivity contribution in [1.29, 1.82) is 0 Å². The summed E-state index contributed by atoms with van der Waals surface area (Å²) in [4.78, 5) is 12.6. The molecule has 0 aliphatic carbocycles. The maximum Gasteiger partial charge on any atom is 0.255 e. The van der Waals surface area contributed by atoms with Crippen LogP contribution in [-0.4, -0.2) is 20.1 Å². The van der Waals surface area contributed by atoms with Crippen molar-refractivity contribution in [2.45, 2.75) is 0 Å². The zero-order chi connectivity index (χ0) is 18.5. The van der Waals surface area contributed by atoms with Gasteiger partial charge in [-0.05, 0) is 23.3 Å². The molecule has 0 unspecified atom stereocenters. The first-order valence-electron chi connectivity index (χ1n) is 8.10. The van der Waals surface area contributed by atoms with Gasteiger partial charge in [0, 0.05) is 17.7 Å². The van der Waals surface area contributed by atoms with Gasteiger partial charge >= 0.3 is 0 Å². The molecule has 0 aromatic heterocycles. The second kappa shape index (κ2) is 7.61. The van der Waals surface area contributed by atoms with Gasteiger partial charge in [0.05, 0.1) is 25.6 Å². The molecule has 5 nitrogen and oxygen atoms in total. The summed E-state index contributed by atoms with van der Waals surface area (Å²) in [6.07, 6.45) is 0. The largest absolute Gasteiger partial charge is 0.495 e. The summed E-state index contributed by atoms with van der Waals surface area (Å²) in [7, 11) is 3.04. The summed E-state index contributed by atoms with van der Waals surface area (Å²) >= 11 is 0. The van der Waals surface area contributed by atoms with E-state index in [9.17, 15) is 4.79 Å². The van der Waals surface area contributed by atoms with Crippen LogP contribution < -0.4 is 20.5 Å². The second-order valence-corrected chi connectivity index (χ2v) is 5.69. The van der Waals surface area contributed by atoms with Crippen molar-refractivity contribution in [3.8, 4) is 22.6 Å². The molecule has 3 rings (SSSR count). The number of hydrogen-bond acceptors (Lipinski definition) is 4. The van der Waals surface area contributed by atoms with Gasteiger partial charge in [0.15, 0.2) is 0 Å². The minimum Gasteiger partial charge on any atom is -0.495 e. The Kier molecular flexibility index (Phi) is 5.08. The first-order valence-corrected chi connectivity index (χ1v) is 8.10. The fraction of sp³-hybridized carbons (Fsp3) is 0.0952. The predicted molar refractivity (Wildman–Crippen MR) is 104 cm³/mol. The smallest absolute Gasteiger partial charge is 0.255 e. The van der Waals surface area contributed by atoms with Crippen LogP contribution in [0.4, 0.5) is 11.4 Å². The third-order valence-electron chi connectivity index (χ3n) is 4.05. The fourth-order valence-electron chi connectivity index (χ4n) is 2.66. The van der Waals surface area contributed by atoms with Gasteiger partial charge in [-0.25, -0.2) is 0 Å². The topological polar surface area (TPSA) is 73.6 Å². The Morgan fingerprint density at radius 3 is 2.08 bits per heavy atom. The first kappa shape index (κ1) is 17.4. The molecule has 0 saturated carbocycles. The van der Waals surface area contributed by atoms with Crippen molar-refractivity contribution in [2.75, 3.05) is 25.3 Å². The summed E-state index contributed by atoms with van der Waals surface area (Å²) in [5.74, 6) is 0.702. The van der Waals surface area contributed by atoms with Crippen LogP contribution in [0, 0.1) is 0 Å². The second-order valence-electron chi connectivity index (χ2n) is 5.69. The Bertz CT molecular complexity index is 907. The van der Waals surface area contributed by atoms with Gasteiger partial charge in [0.25, 0.3) is 5.91 Å². The molecular formula is C21H20N2O3. The average Bonchev–Trinajstić information content (AvgIpc) is 2.69. The van der Waals surface area contributed by atoms with Crippen LogP contribution in [0.25, 0.3) is 11.1 Å². The lowest BCUT2D eigenvalue weighted by Gasteiger charge is -2.14. The summed E-state index contributed by atoms with van der Waals surface area (Å²) in [6, 6.07) is 20.7. The zero-order valence-electron chi connectivity index (χ0n) is 14.7. The third kappa shape index (κ3) is 3.62. The van der Waals surface area contributed by atoms with E-state index in [1.165, 1.54) is 14.2 Å². The van der Waals surface area contributed by atoms with Crippen molar-refractivity contribution in [2.24, 2.45) is 0 Å². The van der Waals surface area contributed by atoms with Crippen LogP contribution in [0.2, 0.25) is 0 Å². The molecule has 0 spiro atoms. The normalized spacial score (nSPS) is 10.2. The number of hydrogen-bond donors (Lipinski definition) is 2. The molecule has 0 aliphatic rings. The highest BCUT2D eigenvalue weighted by Gasteiger charge is 2.13. The van der Waals surface area contributed by atoms with Crippen LogP contribution in [0.15, 0.2) is 66.7 Å². The van der Waals surface area contributed by atoms with E-state index in [2.05, 4.69) is 5.32 Å². The van der Waals surface area contributed by atoms with Gasteiger partial charge in [-0.2, -0.15) is 0 Å². The maximum absolute atomic E-state index is 12.6. The van der Waals surface area contributed by atoms with E-state index in [0.717, 1.165) is 11.1 Å². The number of benzene rings is 3. The monoisotopic (exact) mass is 348 g/mol. The third-order valence-corrected chi connectivity index (χ3v) is 4.05. The lowest BCUT2D eigenvalue weighted by molar-refractivity contribution is 0.102. The molecule has 0 fully saturated rings. The van der Waals surface area contributed by atoms with Crippen molar-refractivity contribution in [3.63, 3.8) is 0 Å². The molecule has 0 radical (unpaired) electrons. The number of methoxy groups -OCH3 is 2. The summed E-state index contributed by atoms with van der Waals surface area (Å²) < 4.78 is 10.5. The Hall–Kier alpha value is -3.47. The Morgan fingerprint density at radius 1 is 0.846 bits per heavy atom. The highest BCUT2D eigenvalue weighted by atomic mass is 16.5. The molecule has 5 heteroatoms. The van der Waals surface area contributed by atoms with Gasteiger partial charge in [-0.15, -0.1) is 0 Å². The molecule has 0 atom stereocenters. The molecule has 26 heavy (non-hydrogen) atoms. The lowest BCUT2D eigenvalue weighted by Crippen LogP contribution is -2.13. The standard InChI is InChI=1S/C21H20N2O3/c1-25-19-13-18(20(26-2)12-17(19)22)23-21(24)16-10-8-15(9-11-16)14-6-4-3-5-7-14/h3-13H,22H2,1-2H3,(H,23,24). The number of ether oxygens (including phenoxy) is 2. The fourth-order valence-corrected chi connectivity index (χ4v) is 2.66. The van der Waals surface area contributed by atoms with E-state index in [1.54, 1.807) is 24.3 Å². The number of carbonyl (C=O) groups excluding carboxylic acids is 1. The van der Waals surface area contributed by atoms with E-state index < -0.39 is 0 Å². The van der Waals surface area contributed by atoms with Gasteiger partial charge < -0.3 is 20.5 Å². The molecule has 3 aromatic rings. The SMILES string of the molecule is COc1cc(NC(=O)c2ccc(-c3ccccc3)cc2)c(OC)cc1N. The Labute approximate surface area is 152 Å². The van der Waals surface area contributed by atoms with Gasteiger partial charge in [0.2, 0.25) is 0 Å². The number of nitrogen functional groups attached to an aromatic ring is 1. The number of nitrogens with one attached hydrogen (secondary N) is 1. The number of amides is 1. The number of anilines is 2. The van der Waals surface area contributed by atoms with E-state index in [-0.39, 0.29) is 5.91 Å². The number of nitrogens with two attached hydrogens (primary N) is 1. The van der Waals surface area contributed by atoms with Gasteiger partial charge in [0.1, 0.15) is 11.5 Å². The predicted octanol–water partition coefficient (Wildman–Crippen LogP) is 4.21. The minimum atomic E-state index is -0.241. The highest BCUT2D eigenvalue weighted by Crippen LogP contribution is 2.34. The van der Waals surface area contributed by atoms with Crippen LogP contribution in [-0.2, 0) is 0 Å². The van der Waals surface area contributed by atoms with Gasteiger partial charge in [-0.1, -0.05) is 42.5 Å². The van der Waals surface area contributed by atoms with E-state index in [0.29, 0.717) is 28.4 Å². The average molecular weight is 348 g/mol. The van der Waals surface area contributed by atoms with Crippen LogP contribution in [0.5, 0.6) is 11.5 Å². The van der Waals surface area contributed by atoms with Gasteiger partial charge in [-0.3, -0.25) is 4.79 Å². The molecule has 0 heterocycles. The van der Waals surface area contributed by atoms with Crippen LogP contribution >= 0.6 is 0 Å². The highest BCUT2D eigenvalue weighted by molar-refractivity contribution is 6.05.